The number of aromatic nitrogens is 6. The van der Waals surface area contributed by atoms with E-state index in [1.807, 2.05) is 39.2 Å². The molecule has 1 N–H and O–H groups in total. The maximum Gasteiger partial charge on any atom is 0.410 e. The quantitative estimate of drug-likeness (QED) is 0.668. The van der Waals surface area contributed by atoms with E-state index in [2.05, 4.69) is 24.9 Å². The number of carbonyl (C=O) groups excluding carboxylic acids is 1. The first-order valence-electron chi connectivity index (χ1n) is 10.4. The second kappa shape index (κ2) is 9.23. The molecule has 0 saturated carbocycles. The Morgan fingerprint density at radius 3 is 2.39 bits per heavy atom. The molecule has 0 unspecified atom stereocenters. The number of aryl methyl sites for hydroxylation is 2. The fourth-order valence-electron chi connectivity index (χ4n) is 3.20. The van der Waals surface area contributed by atoms with Gasteiger partial charge in [-0.3, -0.25) is 4.79 Å². The highest BCUT2D eigenvalue weighted by molar-refractivity contribution is 5.75. The van der Waals surface area contributed by atoms with Gasteiger partial charge in [0.15, 0.2) is 11.2 Å². The topological polar surface area (TPSA) is 119 Å². The summed E-state index contributed by atoms with van der Waals surface area (Å²) in [4.78, 5) is 44.2. The first-order chi connectivity index (χ1) is 14.7. The van der Waals surface area contributed by atoms with Crippen LogP contribution >= 0.6 is 0 Å². The summed E-state index contributed by atoms with van der Waals surface area (Å²) in [6.07, 6.45) is 6.83. The minimum absolute atomic E-state index is 0.167. The van der Waals surface area contributed by atoms with Gasteiger partial charge in [0.05, 0.1) is 11.9 Å². The number of amides is 1. The molecule has 166 valence electrons. The summed E-state index contributed by atoms with van der Waals surface area (Å²) in [5.41, 5.74) is 1.07. The van der Waals surface area contributed by atoms with E-state index in [9.17, 15) is 9.59 Å². The fourth-order valence-corrected chi connectivity index (χ4v) is 3.20. The van der Waals surface area contributed by atoms with Crippen LogP contribution in [-0.4, -0.2) is 59.2 Å². The molecule has 1 amide bonds. The van der Waals surface area contributed by atoms with Gasteiger partial charge < -0.3 is 19.2 Å². The van der Waals surface area contributed by atoms with Crippen LogP contribution in [0.4, 0.5) is 4.79 Å². The Hall–Kier alpha value is -3.30. The van der Waals surface area contributed by atoms with Crippen molar-refractivity contribution < 1.29 is 9.53 Å². The first kappa shape index (κ1) is 22.4. The molecule has 3 aromatic heterocycles. The Labute approximate surface area is 180 Å². The molecule has 0 aromatic carbocycles. The number of hydrogen-bond donors (Lipinski definition) is 1. The van der Waals surface area contributed by atoms with Gasteiger partial charge in [0, 0.05) is 32.0 Å². The minimum atomic E-state index is -0.361. The van der Waals surface area contributed by atoms with E-state index < -0.39 is 0 Å². The lowest BCUT2D eigenvalue weighted by molar-refractivity contribution is 0.0295. The SMILES string of the molecule is CC(C)(C)OC(=O)N1CCCC1.CCn1c(-c2cnc(C)nc2)nc2c(=O)[nH]cnc21. The Kier molecular flexibility index (Phi) is 6.67. The number of nitrogens with one attached hydrogen (secondary N) is 1. The Morgan fingerprint density at radius 2 is 1.81 bits per heavy atom. The molecule has 10 heteroatoms. The monoisotopic (exact) mass is 427 g/mol. The molecular formula is C21H29N7O3. The van der Waals surface area contributed by atoms with Crippen LogP contribution in [0, 0.1) is 6.92 Å². The van der Waals surface area contributed by atoms with Gasteiger partial charge in [-0.2, -0.15) is 0 Å². The average Bonchev–Trinajstić information content (AvgIpc) is 3.36. The van der Waals surface area contributed by atoms with Gasteiger partial charge in [-0.05, 0) is 47.5 Å². The predicted octanol–water partition coefficient (Wildman–Crippen LogP) is 2.92. The number of likely N-dealkylation sites (tertiary alicyclic amines) is 1. The molecule has 0 spiro atoms. The first-order valence-corrected chi connectivity index (χ1v) is 10.4. The molecule has 31 heavy (non-hydrogen) atoms. The molecule has 4 heterocycles. The summed E-state index contributed by atoms with van der Waals surface area (Å²) in [5, 5.41) is 0. The number of H-pyrrole nitrogens is 1. The van der Waals surface area contributed by atoms with E-state index in [0.29, 0.717) is 29.4 Å². The number of imidazole rings is 1. The third-order valence-corrected chi connectivity index (χ3v) is 4.65. The molecule has 0 aliphatic carbocycles. The van der Waals surface area contributed by atoms with Crippen molar-refractivity contribution in [3.8, 4) is 11.4 Å². The van der Waals surface area contributed by atoms with Crippen molar-refractivity contribution in [2.45, 2.75) is 59.6 Å². The van der Waals surface area contributed by atoms with E-state index in [0.717, 1.165) is 31.5 Å². The van der Waals surface area contributed by atoms with Crippen LogP contribution < -0.4 is 5.56 Å². The van der Waals surface area contributed by atoms with Crippen molar-refractivity contribution in [1.29, 1.82) is 0 Å². The highest BCUT2D eigenvalue weighted by Crippen LogP contribution is 2.20. The van der Waals surface area contributed by atoms with Crippen LogP contribution in [0.2, 0.25) is 0 Å². The number of fused-ring (bicyclic) bond motifs is 1. The Morgan fingerprint density at radius 1 is 1.16 bits per heavy atom. The molecule has 1 fully saturated rings. The number of hydrogen-bond acceptors (Lipinski definition) is 7. The van der Waals surface area contributed by atoms with E-state index in [1.54, 1.807) is 17.3 Å². The van der Waals surface area contributed by atoms with Crippen LogP contribution in [0.5, 0.6) is 0 Å². The zero-order valence-electron chi connectivity index (χ0n) is 18.7. The third-order valence-electron chi connectivity index (χ3n) is 4.65. The van der Waals surface area contributed by atoms with Gasteiger partial charge in [-0.25, -0.2) is 24.7 Å². The number of aromatic amines is 1. The van der Waals surface area contributed by atoms with E-state index in [1.165, 1.54) is 6.33 Å². The lowest BCUT2D eigenvalue weighted by atomic mass is 10.2. The number of carbonyl (C=O) groups is 1. The predicted molar refractivity (Wildman–Crippen MR) is 117 cm³/mol. The zero-order valence-corrected chi connectivity index (χ0v) is 18.7. The average molecular weight is 428 g/mol. The Bertz CT molecular complexity index is 1090. The van der Waals surface area contributed by atoms with E-state index in [4.69, 9.17) is 4.74 Å². The second-order valence-corrected chi connectivity index (χ2v) is 8.28. The van der Waals surface area contributed by atoms with Gasteiger partial charge in [-0.1, -0.05) is 0 Å². The van der Waals surface area contributed by atoms with Crippen LogP contribution in [0.15, 0.2) is 23.5 Å². The molecule has 10 nitrogen and oxygen atoms in total. The summed E-state index contributed by atoms with van der Waals surface area (Å²) in [7, 11) is 0. The van der Waals surface area contributed by atoms with Crippen molar-refractivity contribution in [2.24, 2.45) is 0 Å². The summed E-state index contributed by atoms with van der Waals surface area (Å²) < 4.78 is 7.08. The van der Waals surface area contributed by atoms with Crippen molar-refractivity contribution in [1.82, 2.24) is 34.4 Å². The van der Waals surface area contributed by atoms with Gasteiger partial charge in [0.25, 0.3) is 5.56 Å². The molecule has 3 aromatic rings. The molecule has 0 radical (unpaired) electrons. The number of rotatable bonds is 2. The van der Waals surface area contributed by atoms with E-state index >= 15 is 0 Å². The van der Waals surface area contributed by atoms with Crippen LogP contribution in [0.1, 0.15) is 46.4 Å². The van der Waals surface area contributed by atoms with Gasteiger partial charge in [0.1, 0.15) is 17.2 Å². The van der Waals surface area contributed by atoms with Crippen molar-refractivity contribution in [3.05, 3.63) is 34.9 Å². The standard InChI is InChI=1S/C12H12N6O.C9H17NO2/c1-3-18-10(8-4-13-7(2)14-5-8)17-9-11(18)15-6-16-12(9)19;1-9(2,3)12-8(11)10-6-4-5-7-10/h4-6H,3H2,1-2H3,(H,15,16,19);4-7H2,1-3H3. The summed E-state index contributed by atoms with van der Waals surface area (Å²) in [6, 6.07) is 0. The summed E-state index contributed by atoms with van der Waals surface area (Å²) in [6.45, 7) is 11.8. The summed E-state index contributed by atoms with van der Waals surface area (Å²) in [5.74, 6) is 1.35. The Balaban J connectivity index is 0.000000196. The molecule has 1 aliphatic rings. The second-order valence-electron chi connectivity index (χ2n) is 8.28. The van der Waals surface area contributed by atoms with Crippen LogP contribution in [0.3, 0.4) is 0 Å². The van der Waals surface area contributed by atoms with Crippen molar-refractivity contribution in [3.63, 3.8) is 0 Å². The fraction of sp³-hybridized carbons (Fsp3) is 0.524. The lowest BCUT2D eigenvalue weighted by Crippen LogP contribution is -2.34. The third kappa shape index (κ3) is 5.44. The number of nitrogens with zero attached hydrogens (tertiary/aromatic N) is 6. The van der Waals surface area contributed by atoms with Crippen molar-refractivity contribution >= 4 is 17.3 Å². The minimum Gasteiger partial charge on any atom is -0.444 e. The maximum atomic E-state index is 11.7. The maximum absolute atomic E-state index is 11.7. The smallest absolute Gasteiger partial charge is 0.410 e. The highest BCUT2D eigenvalue weighted by Gasteiger charge is 2.24. The lowest BCUT2D eigenvalue weighted by Gasteiger charge is -2.23. The molecule has 4 rings (SSSR count). The molecular weight excluding hydrogens is 398 g/mol. The van der Waals surface area contributed by atoms with E-state index in [-0.39, 0.29) is 17.3 Å². The van der Waals surface area contributed by atoms with Gasteiger partial charge in [0.2, 0.25) is 0 Å². The molecule has 0 bridgehead atoms. The molecule has 0 atom stereocenters. The van der Waals surface area contributed by atoms with Crippen LogP contribution in [0.25, 0.3) is 22.6 Å². The van der Waals surface area contributed by atoms with Crippen LogP contribution in [-0.2, 0) is 11.3 Å². The van der Waals surface area contributed by atoms with Gasteiger partial charge in [-0.15, -0.1) is 0 Å². The number of ether oxygens (including phenoxy) is 1. The largest absolute Gasteiger partial charge is 0.444 e. The summed E-state index contributed by atoms with van der Waals surface area (Å²) >= 11 is 0. The van der Waals surface area contributed by atoms with Crippen molar-refractivity contribution in [2.75, 3.05) is 13.1 Å². The zero-order chi connectivity index (χ0) is 22.6. The molecule has 1 aliphatic heterocycles. The molecule has 1 saturated heterocycles. The normalized spacial score (nSPS) is 13.8. The van der Waals surface area contributed by atoms with Gasteiger partial charge >= 0.3 is 6.09 Å². The highest BCUT2D eigenvalue weighted by atomic mass is 16.6.